The van der Waals surface area contributed by atoms with Gasteiger partial charge in [0.1, 0.15) is 5.82 Å². The Balaban J connectivity index is 2.24. The van der Waals surface area contributed by atoms with Gasteiger partial charge in [-0.15, -0.1) is 0 Å². The van der Waals surface area contributed by atoms with Crippen LogP contribution in [0.25, 0.3) is 0 Å². The van der Waals surface area contributed by atoms with Gasteiger partial charge in [-0.25, -0.2) is 14.0 Å². The number of rotatable bonds is 2. The van der Waals surface area contributed by atoms with Crippen LogP contribution in [0.1, 0.15) is 6.92 Å². The van der Waals surface area contributed by atoms with Crippen LogP contribution in [0.3, 0.4) is 0 Å². The number of hydrogen-bond donors (Lipinski definition) is 1. The zero-order valence-corrected chi connectivity index (χ0v) is 10.1. The largest absolute Gasteiger partial charge is 0.467 e. The summed E-state index contributed by atoms with van der Waals surface area (Å²) in [6.45, 7) is 1.73. The first-order chi connectivity index (χ1) is 8.46. The summed E-state index contributed by atoms with van der Waals surface area (Å²) < 4.78 is 17.5. The molecule has 1 aromatic rings. The van der Waals surface area contributed by atoms with E-state index in [1.54, 1.807) is 6.92 Å². The van der Waals surface area contributed by atoms with E-state index in [1.807, 2.05) is 0 Å². The number of halogens is 1. The molecule has 0 bridgehead atoms. The first kappa shape index (κ1) is 12.3. The fraction of sp³-hybridized carbons (Fsp3) is 0.333. The van der Waals surface area contributed by atoms with Crippen molar-refractivity contribution in [3.8, 4) is 0 Å². The quantitative estimate of drug-likeness (QED) is 0.807. The lowest BCUT2D eigenvalue weighted by Crippen LogP contribution is -2.48. The third kappa shape index (κ3) is 2.01. The first-order valence-corrected chi connectivity index (χ1v) is 5.40. The van der Waals surface area contributed by atoms with Gasteiger partial charge in [-0.05, 0) is 31.2 Å². The van der Waals surface area contributed by atoms with Gasteiger partial charge >= 0.3 is 12.0 Å². The Kier molecular flexibility index (Phi) is 2.94. The second kappa shape index (κ2) is 4.29. The van der Waals surface area contributed by atoms with Crippen LogP contribution in [0.5, 0.6) is 0 Å². The zero-order chi connectivity index (χ0) is 13.3. The summed E-state index contributed by atoms with van der Waals surface area (Å²) in [6.07, 6.45) is 0. The Morgan fingerprint density at radius 3 is 2.61 bits per heavy atom. The van der Waals surface area contributed by atoms with Gasteiger partial charge in [-0.3, -0.25) is 4.90 Å². The second-order valence-corrected chi connectivity index (χ2v) is 4.32. The van der Waals surface area contributed by atoms with E-state index in [1.165, 1.54) is 36.3 Å². The predicted molar refractivity (Wildman–Crippen MR) is 62.7 cm³/mol. The molecule has 1 aliphatic rings. The van der Waals surface area contributed by atoms with Crippen LogP contribution in [0, 0.1) is 5.82 Å². The number of benzene rings is 1. The molecule has 2 amide bonds. The number of hydrogen-bond acceptors (Lipinski definition) is 3. The van der Waals surface area contributed by atoms with Crippen LogP contribution in [-0.2, 0) is 9.53 Å². The Hall–Kier alpha value is -2.11. The van der Waals surface area contributed by atoms with E-state index in [2.05, 4.69) is 10.1 Å². The first-order valence-electron chi connectivity index (χ1n) is 5.40. The van der Waals surface area contributed by atoms with E-state index in [0.29, 0.717) is 5.69 Å². The van der Waals surface area contributed by atoms with E-state index in [4.69, 9.17) is 0 Å². The number of esters is 1. The molecule has 1 saturated heterocycles. The summed E-state index contributed by atoms with van der Waals surface area (Å²) in [5.41, 5.74) is -0.554. The normalized spacial score (nSPS) is 22.8. The molecule has 18 heavy (non-hydrogen) atoms. The molecule has 1 aromatic carbocycles. The van der Waals surface area contributed by atoms with Crippen molar-refractivity contribution in [1.82, 2.24) is 5.32 Å². The van der Waals surface area contributed by atoms with Crippen molar-refractivity contribution in [3.05, 3.63) is 30.1 Å². The standard InChI is InChI=1S/C12H13FN2O3/c1-12(10(16)18-2)7-15(11(17)14-12)9-5-3-8(13)4-6-9/h3-6H,7H2,1-2H3,(H,14,17). The molecule has 1 aliphatic heterocycles. The minimum atomic E-state index is -1.08. The maximum atomic E-state index is 12.8. The topological polar surface area (TPSA) is 58.6 Å². The Morgan fingerprint density at radius 1 is 1.44 bits per heavy atom. The SMILES string of the molecule is COC(=O)C1(C)CN(c2ccc(F)cc2)C(=O)N1. The molecule has 1 atom stereocenters. The molecule has 96 valence electrons. The molecular formula is C12H13FN2O3. The smallest absolute Gasteiger partial charge is 0.333 e. The molecule has 0 saturated carbocycles. The van der Waals surface area contributed by atoms with Crippen LogP contribution in [0.15, 0.2) is 24.3 Å². The number of nitrogens with zero attached hydrogens (tertiary/aromatic N) is 1. The molecule has 1 heterocycles. The lowest BCUT2D eigenvalue weighted by atomic mass is 10.0. The molecule has 0 aromatic heterocycles. The average Bonchev–Trinajstić information content (AvgIpc) is 2.66. The van der Waals surface area contributed by atoms with E-state index >= 15 is 0 Å². The maximum Gasteiger partial charge on any atom is 0.333 e. The highest BCUT2D eigenvalue weighted by Gasteiger charge is 2.46. The van der Waals surface area contributed by atoms with Gasteiger partial charge in [0.2, 0.25) is 0 Å². The number of nitrogens with one attached hydrogen (secondary N) is 1. The number of methoxy groups -OCH3 is 1. The number of urea groups is 1. The number of ether oxygens (including phenoxy) is 1. The van der Waals surface area contributed by atoms with Crippen LogP contribution in [0.2, 0.25) is 0 Å². The molecule has 6 heteroatoms. The molecule has 0 spiro atoms. The lowest BCUT2D eigenvalue weighted by molar-refractivity contribution is -0.146. The van der Waals surface area contributed by atoms with Crippen LogP contribution in [-0.4, -0.2) is 31.2 Å². The molecular weight excluding hydrogens is 239 g/mol. The molecule has 1 unspecified atom stereocenters. The van der Waals surface area contributed by atoms with Crippen molar-refractivity contribution < 1.29 is 18.7 Å². The van der Waals surface area contributed by atoms with Gasteiger partial charge in [0.05, 0.1) is 13.7 Å². The van der Waals surface area contributed by atoms with E-state index in [0.717, 1.165) is 0 Å². The van der Waals surface area contributed by atoms with Crippen molar-refractivity contribution in [1.29, 1.82) is 0 Å². The van der Waals surface area contributed by atoms with Gasteiger partial charge in [-0.2, -0.15) is 0 Å². The second-order valence-electron chi connectivity index (χ2n) is 4.32. The summed E-state index contributed by atoms with van der Waals surface area (Å²) in [4.78, 5) is 24.8. The molecule has 5 nitrogen and oxygen atoms in total. The molecule has 0 radical (unpaired) electrons. The minimum Gasteiger partial charge on any atom is -0.467 e. The highest BCUT2D eigenvalue weighted by Crippen LogP contribution is 2.24. The number of carbonyl (C=O) groups excluding carboxylic acids is 2. The zero-order valence-electron chi connectivity index (χ0n) is 10.1. The van der Waals surface area contributed by atoms with Crippen LogP contribution >= 0.6 is 0 Å². The van der Waals surface area contributed by atoms with E-state index in [-0.39, 0.29) is 12.4 Å². The molecule has 0 aliphatic carbocycles. The predicted octanol–water partition coefficient (Wildman–Crippen LogP) is 1.29. The highest BCUT2D eigenvalue weighted by molar-refractivity contribution is 6.01. The summed E-state index contributed by atoms with van der Waals surface area (Å²) >= 11 is 0. The van der Waals surface area contributed by atoms with Gasteiger partial charge in [0, 0.05) is 5.69 Å². The number of carbonyl (C=O) groups is 2. The molecule has 1 fully saturated rings. The van der Waals surface area contributed by atoms with E-state index in [9.17, 15) is 14.0 Å². The third-order valence-corrected chi connectivity index (χ3v) is 2.88. The number of anilines is 1. The van der Waals surface area contributed by atoms with Crippen molar-refractivity contribution in [3.63, 3.8) is 0 Å². The fourth-order valence-corrected chi connectivity index (χ4v) is 1.90. The Bertz CT molecular complexity index is 489. The van der Waals surface area contributed by atoms with Gasteiger partial charge in [-0.1, -0.05) is 0 Å². The van der Waals surface area contributed by atoms with Crippen LogP contribution < -0.4 is 10.2 Å². The van der Waals surface area contributed by atoms with Crippen molar-refractivity contribution in [2.24, 2.45) is 0 Å². The molecule has 2 rings (SSSR count). The van der Waals surface area contributed by atoms with Crippen LogP contribution in [0.4, 0.5) is 14.9 Å². The molecule has 1 N–H and O–H groups in total. The fourth-order valence-electron chi connectivity index (χ4n) is 1.90. The average molecular weight is 252 g/mol. The van der Waals surface area contributed by atoms with E-state index < -0.39 is 17.5 Å². The van der Waals surface area contributed by atoms with Gasteiger partial charge < -0.3 is 10.1 Å². The Labute approximate surface area is 104 Å². The van der Waals surface area contributed by atoms with Crippen molar-refractivity contribution in [2.75, 3.05) is 18.6 Å². The highest BCUT2D eigenvalue weighted by atomic mass is 19.1. The van der Waals surface area contributed by atoms with Crippen molar-refractivity contribution >= 4 is 17.7 Å². The summed E-state index contributed by atoms with van der Waals surface area (Å²) in [5.74, 6) is -0.894. The lowest BCUT2D eigenvalue weighted by Gasteiger charge is -2.20. The summed E-state index contributed by atoms with van der Waals surface area (Å²) in [6, 6.07) is 5.08. The monoisotopic (exact) mass is 252 g/mol. The summed E-state index contributed by atoms with van der Waals surface area (Å²) in [5, 5.41) is 2.56. The minimum absolute atomic E-state index is 0.143. The maximum absolute atomic E-state index is 12.8. The number of amides is 2. The van der Waals surface area contributed by atoms with Gasteiger partial charge in [0.25, 0.3) is 0 Å². The third-order valence-electron chi connectivity index (χ3n) is 2.88. The summed E-state index contributed by atoms with van der Waals surface area (Å²) in [7, 11) is 1.26. The van der Waals surface area contributed by atoms with Crippen molar-refractivity contribution in [2.45, 2.75) is 12.5 Å². The van der Waals surface area contributed by atoms with Gasteiger partial charge in [0.15, 0.2) is 5.54 Å². The Morgan fingerprint density at radius 2 is 2.06 bits per heavy atom.